The van der Waals surface area contributed by atoms with Crippen LogP contribution in [0.25, 0.3) is 0 Å². The third-order valence-corrected chi connectivity index (χ3v) is 8.86. The second-order valence-electron chi connectivity index (χ2n) is 11.2. The van der Waals surface area contributed by atoms with Gasteiger partial charge in [0.05, 0.1) is 12.7 Å². The van der Waals surface area contributed by atoms with E-state index in [4.69, 9.17) is 14.2 Å². The predicted molar refractivity (Wildman–Crippen MR) is 125 cm³/mol. The van der Waals surface area contributed by atoms with Crippen molar-refractivity contribution in [3.8, 4) is 0 Å². The summed E-state index contributed by atoms with van der Waals surface area (Å²) < 4.78 is 17.4. The summed E-state index contributed by atoms with van der Waals surface area (Å²) in [6.45, 7) is 9.64. The lowest BCUT2D eigenvalue weighted by Gasteiger charge is -2.63. The molecule has 202 valence electrons. The summed E-state index contributed by atoms with van der Waals surface area (Å²) in [5, 5.41) is 33.6. The van der Waals surface area contributed by atoms with Crippen LogP contribution in [-0.4, -0.2) is 75.6 Å². The number of carbonyl (C=O) groups is 4. The number of fused-ring (bicyclic) bond motifs is 3. The molecule has 0 amide bonds. The third kappa shape index (κ3) is 4.16. The first-order chi connectivity index (χ1) is 16.5. The topological polar surface area (TPSA) is 157 Å². The summed E-state index contributed by atoms with van der Waals surface area (Å²) in [4.78, 5) is 50.5. The molecular formula is C26H38O10. The standard InChI is InChI=1S/C26H38O10/c1-12-19(32)10-17-21(34-13(2)28)20-16(11-27)18(31)8-9-25(20,7)22(35-14(3)29)23(36-15(4)30)26(12,33)24(17,5)6/h12,17-18,21-23,27,31,33H,8-11H2,1-7H3/t12-,17+,18+,21-,22?,23+,25-,26+/m1/s1. The van der Waals surface area contributed by atoms with Gasteiger partial charge in [-0.3, -0.25) is 19.2 Å². The van der Waals surface area contributed by atoms with Crippen molar-refractivity contribution in [2.75, 3.05) is 6.61 Å². The second-order valence-corrected chi connectivity index (χ2v) is 11.2. The largest absolute Gasteiger partial charge is 0.458 e. The van der Waals surface area contributed by atoms with E-state index in [1.807, 2.05) is 0 Å². The fourth-order valence-corrected chi connectivity index (χ4v) is 6.92. The number of hydrogen-bond acceptors (Lipinski definition) is 10. The molecular weight excluding hydrogens is 472 g/mol. The average molecular weight is 511 g/mol. The molecule has 2 saturated carbocycles. The maximum Gasteiger partial charge on any atom is 0.303 e. The molecule has 10 nitrogen and oxygen atoms in total. The minimum absolute atomic E-state index is 0.0617. The lowest BCUT2D eigenvalue weighted by atomic mass is 9.46. The molecule has 3 aliphatic rings. The maximum atomic E-state index is 13.3. The van der Waals surface area contributed by atoms with Crippen LogP contribution in [-0.2, 0) is 33.4 Å². The first-order valence-electron chi connectivity index (χ1n) is 12.3. The Kier molecular flexibility index (Phi) is 7.49. The molecule has 10 heteroatoms. The number of ketones is 1. The molecule has 0 aromatic carbocycles. The van der Waals surface area contributed by atoms with Gasteiger partial charge in [0.15, 0.2) is 12.2 Å². The van der Waals surface area contributed by atoms with Gasteiger partial charge in [-0.25, -0.2) is 0 Å². The molecule has 0 aromatic rings. The number of Topliss-reactive ketones (excluding diaryl/α,β-unsaturated/α-hetero) is 1. The van der Waals surface area contributed by atoms with E-state index in [-0.39, 0.29) is 30.6 Å². The SMILES string of the molecule is CC(=O)OC1[C@H](OC(C)=O)[C@@]2(O)[C@H](C)C(=O)C[C@@H]([C@@H](OC(C)=O)C3=C(CO)[C@@H](O)CC[C@]31C)C2(C)C. The summed E-state index contributed by atoms with van der Waals surface area (Å²) in [6.07, 6.45) is -4.67. The van der Waals surface area contributed by atoms with Gasteiger partial charge in [0, 0.05) is 49.9 Å². The minimum Gasteiger partial charge on any atom is -0.458 e. The monoisotopic (exact) mass is 510 g/mol. The Bertz CT molecular complexity index is 983. The van der Waals surface area contributed by atoms with E-state index < -0.39 is 77.2 Å². The molecule has 3 aliphatic carbocycles. The number of esters is 3. The molecule has 0 aliphatic heterocycles. The number of aliphatic hydroxyl groups excluding tert-OH is 2. The molecule has 3 rings (SSSR count). The smallest absolute Gasteiger partial charge is 0.303 e. The minimum atomic E-state index is -2.01. The molecule has 2 fully saturated rings. The van der Waals surface area contributed by atoms with Gasteiger partial charge >= 0.3 is 17.9 Å². The van der Waals surface area contributed by atoms with Gasteiger partial charge in [0.2, 0.25) is 0 Å². The van der Waals surface area contributed by atoms with Gasteiger partial charge in [0.25, 0.3) is 0 Å². The normalized spacial score (nSPS) is 39.9. The van der Waals surface area contributed by atoms with Crippen LogP contribution in [0.15, 0.2) is 11.1 Å². The lowest BCUT2D eigenvalue weighted by molar-refractivity contribution is -0.269. The molecule has 3 N–H and O–H groups in total. The van der Waals surface area contributed by atoms with E-state index in [1.165, 1.54) is 13.8 Å². The molecule has 0 aromatic heterocycles. The highest BCUT2D eigenvalue weighted by molar-refractivity contribution is 5.84. The van der Waals surface area contributed by atoms with Crippen LogP contribution in [0, 0.1) is 22.7 Å². The Morgan fingerprint density at radius 2 is 1.50 bits per heavy atom. The summed E-state index contributed by atoms with van der Waals surface area (Å²) >= 11 is 0. The number of rotatable bonds is 4. The van der Waals surface area contributed by atoms with Crippen LogP contribution in [0.2, 0.25) is 0 Å². The first kappa shape index (κ1) is 28.3. The number of hydrogen-bond donors (Lipinski definition) is 3. The summed E-state index contributed by atoms with van der Waals surface area (Å²) in [5.41, 5.74) is -3.95. The van der Waals surface area contributed by atoms with Gasteiger partial charge in [0.1, 0.15) is 17.5 Å². The van der Waals surface area contributed by atoms with Gasteiger partial charge in [-0.15, -0.1) is 0 Å². The van der Waals surface area contributed by atoms with Crippen molar-refractivity contribution in [2.24, 2.45) is 22.7 Å². The van der Waals surface area contributed by atoms with Crippen molar-refractivity contribution in [2.45, 2.75) is 97.7 Å². The highest BCUT2D eigenvalue weighted by atomic mass is 16.6. The van der Waals surface area contributed by atoms with Gasteiger partial charge in [-0.05, 0) is 24.0 Å². The zero-order valence-corrected chi connectivity index (χ0v) is 22.0. The summed E-state index contributed by atoms with van der Waals surface area (Å²) in [7, 11) is 0. The number of ether oxygens (including phenoxy) is 3. The predicted octanol–water partition coefficient (Wildman–Crippen LogP) is 1.23. The number of aliphatic hydroxyl groups is 3. The first-order valence-corrected chi connectivity index (χ1v) is 12.3. The fraction of sp³-hybridized carbons (Fsp3) is 0.769. The van der Waals surface area contributed by atoms with E-state index in [0.29, 0.717) is 5.57 Å². The fourth-order valence-electron chi connectivity index (χ4n) is 6.92. The molecule has 0 heterocycles. The van der Waals surface area contributed by atoms with E-state index >= 15 is 0 Å². The van der Waals surface area contributed by atoms with E-state index in [0.717, 1.165) is 6.92 Å². The highest BCUT2D eigenvalue weighted by Crippen LogP contribution is 2.61. The van der Waals surface area contributed by atoms with Crippen LogP contribution in [0.4, 0.5) is 0 Å². The van der Waals surface area contributed by atoms with Crippen molar-refractivity contribution < 1.29 is 48.7 Å². The van der Waals surface area contributed by atoms with Crippen molar-refractivity contribution >= 4 is 23.7 Å². The summed E-state index contributed by atoms with van der Waals surface area (Å²) in [6, 6.07) is 0. The Morgan fingerprint density at radius 1 is 0.972 bits per heavy atom. The Hall–Kier alpha value is -2.30. The maximum absolute atomic E-state index is 13.3. The molecule has 2 bridgehead atoms. The van der Waals surface area contributed by atoms with Crippen LogP contribution < -0.4 is 0 Å². The molecule has 8 atom stereocenters. The van der Waals surface area contributed by atoms with Crippen molar-refractivity contribution in [1.82, 2.24) is 0 Å². The van der Waals surface area contributed by atoms with E-state index in [2.05, 4.69) is 0 Å². The highest BCUT2D eigenvalue weighted by Gasteiger charge is 2.71. The third-order valence-electron chi connectivity index (χ3n) is 8.86. The van der Waals surface area contributed by atoms with Crippen molar-refractivity contribution in [3.63, 3.8) is 0 Å². The molecule has 36 heavy (non-hydrogen) atoms. The Morgan fingerprint density at radius 3 is 2.00 bits per heavy atom. The average Bonchev–Trinajstić information content (AvgIpc) is 2.76. The van der Waals surface area contributed by atoms with Crippen molar-refractivity contribution in [3.05, 3.63) is 11.1 Å². The molecule has 0 radical (unpaired) electrons. The van der Waals surface area contributed by atoms with Crippen LogP contribution in [0.5, 0.6) is 0 Å². The molecule has 0 spiro atoms. The van der Waals surface area contributed by atoms with Crippen LogP contribution >= 0.6 is 0 Å². The Balaban J connectivity index is 2.50. The lowest BCUT2D eigenvalue weighted by Crippen LogP contribution is -2.74. The summed E-state index contributed by atoms with van der Waals surface area (Å²) in [5.74, 6) is -4.26. The zero-order valence-electron chi connectivity index (χ0n) is 22.0. The molecule has 0 saturated heterocycles. The van der Waals surface area contributed by atoms with Crippen LogP contribution in [0.1, 0.15) is 67.7 Å². The van der Waals surface area contributed by atoms with Crippen molar-refractivity contribution in [1.29, 1.82) is 0 Å². The van der Waals surface area contributed by atoms with Gasteiger partial charge in [-0.1, -0.05) is 27.7 Å². The van der Waals surface area contributed by atoms with Gasteiger partial charge in [-0.2, -0.15) is 0 Å². The van der Waals surface area contributed by atoms with E-state index in [9.17, 15) is 34.5 Å². The Labute approximate surface area is 211 Å². The molecule has 1 unspecified atom stereocenters. The second kappa shape index (κ2) is 9.54. The van der Waals surface area contributed by atoms with Crippen LogP contribution in [0.3, 0.4) is 0 Å². The number of carbonyl (C=O) groups excluding carboxylic acids is 4. The van der Waals surface area contributed by atoms with E-state index in [1.54, 1.807) is 27.7 Å². The quantitative estimate of drug-likeness (QED) is 0.285. The zero-order chi connectivity index (χ0) is 27.4. The van der Waals surface area contributed by atoms with Gasteiger partial charge < -0.3 is 29.5 Å².